The number of rotatable bonds is 4. The Hall–Kier alpha value is -1.48. The fourth-order valence-electron chi connectivity index (χ4n) is 1.67. The molecule has 2 rings (SSSR count). The van der Waals surface area contributed by atoms with E-state index >= 15 is 0 Å². The molecule has 0 saturated heterocycles. The van der Waals surface area contributed by atoms with E-state index in [2.05, 4.69) is 36.8 Å². The first-order valence-corrected chi connectivity index (χ1v) is 6.95. The van der Waals surface area contributed by atoms with Crippen LogP contribution < -0.4 is 5.32 Å². The Labute approximate surface area is 127 Å². The second kappa shape index (κ2) is 6.10. The van der Waals surface area contributed by atoms with Crippen molar-refractivity contribution in [2.45, 2.75) is 32.6 Å². The van der Waals surface area contributed by atoms with E-state index < -0.39 is 11.7 Å². The van der Waals surface area contributed by atoms with Crippen LogP contribution in [0.15, 0.2) is 22.7 Å². The molecule has 114 valence electrons. The van der Waals surface area contributed by atoms with Gasteiger partial charge in [-0.25, -0.2) is 0 Å². The van der Waals surface area contributed by atoms with Gasteiger partial charge in [0.2, 0.25) is 0 Å². The maximum atomic E-state index is 12.8. The lowest BCUT2D eigenvalue weighted by Crippen LogP contribution is -2.24. The van der Waals surface area contributed by atoms with Crippen molar-refractivity contribution in [2.75, 3.05) is 0 Å². The van der Waals surface area contributed by atoms with Gasteiger partial charge in [0.05, 0.1) is 17.8 Å². The van der Waals surface area contributed by atoms with Crippen molar-refractivity contribution < 1.29 is 13.2 Å². The number of tetrazole rings is 1. The second-order valence-corrected chi connectivity index (χ2v) is 5.65. The molecule has 1 aromatic heterocycles. The number of halogens is 4. The Kier molecular flexibility index (Phi) is 4.62. The fraction of sp³-hybridized carbons (Fsp3) is 0.417. The molecule has 2 aromatic rings. The monoisotopic (exact) mass is 363 g/mol. The van der Waals surface area contributed by atoms with Gasteiger partial charge in [0.25, 0.3) is 0 Å². The van der Waals surface area contributed by atoms with Crippen molar-refractivity contribution >= 4 is 15.9 Å². The molecule has 0 amide bonds. The summed E-state index contributed by atoms with van der Waals surface area (Å²) in [5.74, 6) is 0.440. The Balaban J connectivity index is 2.39. The zero-order chi connectivity index (χ0) is 15.6. The highest BCUT2D eigenvalue weighted by Crippen LogP contribution is 2.32. The average Bonchev–Trinajstić information content (AvgIpc) is 2.82. The first kappa shape index (κ1) is 15.9. The van der Waals surface area contributed by atoms with E-state index in [1.54, 1.807) is 0 Å². The summed E-state index contributed by atoms with van der Waals surface area (Å²) in [6.07, 6.45) is -4.43. The molecule has 1 N–H and O–H groups in total. The molecular weight excluding hydrogens is 351 g/mol. The van der Waals surface area contributed by atoms with Crippen LogP contribution in [0.2, 0.25) is 0 Å². The molecule has 0 unspecified atom stereocenters. The summed E-state index contributed by atoms with van der Waals surface area (Å²) in [6, 6.07) is 3.77. The van der Waals surface area contributed by atoms with E-state index in [0.717, 1.165) is 12.1 Å². The highest BCUT2D eigenvalue weighted by molar-refractivity contribution is 9.10. The topological polar surface area (TPSA) is 55.6 Å². The Morgan fingerprint density at radius 2 is 2.00 bits per heavy atom. The zero-order valence-electron chi connectivity index (χ0n) is 11.3. The minimum atomic E-state index is -4.43. The number of benzene rings is 1. The molecule has 0 atom stereocenters. The van der Waals surface area contributed by atoms with Gasteiger partial charge in [0, 0.05) is 10.5 Å². The van der Waals surface area contributed by atoms with Crippen molar-refractivity contribution in [1.29, 1.82) is 0 Å². The lowest BCUT2D eigenvalue weighted by atomic mass is 10.2. The van der Waals surface area contributed by atoms with Crippen LogP contribution in [-0.4, -0.2) is 26.2 Å². The molecule has 0 fully saturated rings. The molecule has 0 aliphatic rings. The van der Waals surface area contributed by atoms with Crippen molar-refractivity contribution in [3.63, 3.8) is 0 Å². The standard InChI is InChI=1S/C12H13BrF3N5/c1-7(2)17-6-11-18-19-20-21(11)10-4-8(12(14,15)16)3-9(13)5-10/h3-5,7,17H,6H2,1-2H3. The molecular formula is C12H13BrF3N5. The van der Waals surface area contributed by atoms with Crippen LogP contribution >= 0.6 is 15.9 Å². The van der Waals surface area contributed by atoms with Crippen LogP contribution in [0.4, 0.5) is 13.2 Å². The van der Waals surface area contributed by atoms with Gasteiger partial charge in [0.15, 0.2) is 5.82 Å². The predicted octanol–water partition coefficient (Wildman–Crippen LogP) is 2.94. The van der Waals surface area contributed by atoms with Gasteiger partial charge in [-0.05, 0) is 28.6 Å². The summed E-state index contributed by atoms with van der Waals surface area (Å²) in [5, 5.41) is 14.2. The van der Waals surface area contributed by atoms with Crippen LogP contribution in [0.5, 0.6) is 0 Å². The molecule has 0 spiro atoms. The molecule has 1 heterocycles. The summed E-state index contributed by atoms with van der Waals surface area (Å²) in [6.45, 7) is 4.27. The van der Waals surface area contributed by atoms with Gasteiger partial charge in [-0.3, -0.25) is 0 Å². The van der Waals surface area contributed by atoms with Crippen LogP contribution in [0, 0.1) is 0 Å². The summed E-state index contributed by atoms with van der Waals surface area (Å²) in [5.41, 5.74) is -0.507. The summed E-state index contributed by atoms with van der Waals surface area (Å²) >= 11 is 3.08. The van der Waals surface area contributed by atoms with E-state index in [0.29, 0.717) is 16.8 Å². The van der Waals surface area contributed by atoms with Gasteiger partial charge in [-0.2, -0.15) is 17.9 Å². The maximum Gasteiger partial charge on any atom is 0.416 e. The largest absolute Gasteiger partial charge is 0.416 e. The third kappa shape index (κ3) is 4.01. The van der Waals surface area contributed by atoms with Gasteiger partial charge in [-0.15, -0.1) is 5.10 Å². The van der Waals surface area contributed by atoms with E-state index in [1.165, 1.54) is 10.7 Å². The lowest BCUT2D eigenvalue weighted by Gasteiger charge is -2.11. The fourth-order valence-corrected chi connectivity index (χ4v) is 2.15. The Morgan fingerprint density at radius 1 is 1.29 bits per heavy atom. The third-order valence-corrected chi connectivity index (χ3v) is 3.11. The predicted molar refractivity (Wildman–Crippen MR) is 73.8 cm³/mol. The van der Waals surface area contributed by atoms with Crippen molar-refractivity contribution in [2.24, 2.45) is 0 Å². The molecule has 5 nitrogen and oxygen atoms in total. The van der Waals surface area contributed by atoms with Crippen LogP contribution in [-0.2, 0) is 12.7 Å². The second-order valence-electron chi connectivity index (χ2n) is 4.74. The number of nitrogens with zero attached hydrogens (tertiary/aromatic N) is 4. The van der Waals surface area contributed by atoms with Crippen LogP contribution in [0.3, 0.4) is 0 Å². The molecule has 0 bridgehead atoms. The molecule has 1 aromatic carbocycles. The number of nitrogens with one attached hydrogen (secondary N) is 1. The minimum Gasteiger partial charge on any atom is -0.308 e. The molecule has 0 saturated carbocycles. The highest BCUT2D eigenvalue weighted by atomic mass is 79.9. The third-order valence-electron chi connectivity index (χ3n) is 2.66. The lowest BCUT2D eigenvalue weighted by molar-refractivity contribution is -0.137. The normalized spacial score (nSPS) is 12.1. The van der Waals surface area contributed by atoms with E-state index in [4.69, 9.17) is 0 Å². The number of hydrogen-bond acceptors (Lipinski definition) is 4. The van der Waals surface area contributed by atoms with E-state index in [1.807, 2.05) is 13.8 Å². The summed E-state index contributed by atoms with van der Waals surface area (Å²) in [4.78, 5) is 0. The van der Waals surface area contributed by atoms with Gasteiger partial charge >= 0.3 is 6.18 Å². The number of aromatic nitrogens is 4. The van der Waals surface area contributed by atoms with Gasteiger partial charge in [-0.1, -0.05) is 29.8 Å². The SMILES string of the molecule is CC(C)NCc1nnnn1-c1cc(Br)cc(C(F)(F)F)c1. The average molecular weight is 364 g/mol. The van der Waals surface area contributed by atoms with Gasteiger partial charge in [0.1, 0.15) is 0 Å². The minimum absolute atomic E-state index is 0.211. The van der Waals surface area contributed by atoms with Crippen LogP contribution in [0.1, 0.15) is 25.2 Å². The molecule has 0 aliphatic carbocycles. The van der Waals surface area contributed by atoms with E-state index in [-0.39, 0.29) is 11.7 Å². The van der Waals surface area contributed by atoms with Crippen molar-refractivity contribution in [3.8, 4) is 5.69 Å². The first-order valence-electron chi connectivity index (χ1n) is 6.16. The molecule has 9 heteroatoms. The zero-order valence-corrected chi connectivity index (χ0v) is 12.9. The Morgan fingerprint density at radius 3 is 2.62 bits per heavy atom. The molecule has 21 heavy (non-hydrogen) atoms. The van der Waals surface area contributed by atoms with Crippen LogP contribution in [0.25, 0.3) is 5.69 Å². The van der Waals surface area contributed by atoms with Gasteiger partial charge < -0.3 is 5.32 Å². The highest BCUT2D eigenvalue weighted by Gasteiger charge is 2.31. The maximum absolute atomic E-state index is 12.8. The summed E-state index contributed by atoms with van der Waals surface area (Å²) < 4.78 is 40.1. The number of hydrogen-bond donors (Lipinski definition) is 1. The van der Waals surface area contributed by atoms with Crippen molar-refractivity contribution in [3.05, 3.63) is 34.1 Å². The number of alkyl halides is 3. The van der Waals surface area contributed by atoms with E-state index in [9.17, 15) is 13.2 Å². The molecule has 0 radical (unpaired) electrons. The molecule has 0 aliphatic heterocycles. The first-order chi connectivity index (χ1) is 9.77. The van der Waals surface area contributed by atoms with Crippen molar-refractivity contribution in [1.82, 2.24) is 25.5 Å². The Bertz CT molecular complexity index is 624. The smallest absolute Gasteiger partial charge is 0.308 e. The quantitative estimate of drug-likeness (QED) is 0.907. The summed E-state index contributed by atoms with van der Waals surface area (Å²) in [7, 11) is 0.